The van der Waals surface area contributed by atoms with Crippen molar-refractivity contribution in [3.8, 4) is 0 Å². The molecule has 0 fully saturated rings. The Hall–Kier alpha value is -6.77. The predicted molar refractivity (Wildman–Crippen MR) is 460 cm³/mol. The van der Waals surface area contributed by atoms with Crippen LogP contribution in [0.15, 0.2) is 78.9 Å². The number of nitrogens with two attached hydrogens (primary N) is 2. The van der Waals surface area contributed by atoms with Crippen LogP contribution in [-0.4, -0.2) is 223 Å². The number of nitrogens with zero attached hydrogens (tertiary/aromatic N) is 21. The van der Waals surface area contributed by atoms with Gasteiger partial charge in [0.1, 0.15) is 92.8 Å². The van der Waals surface area contributed by atoms with Crippen LogP contribution in [-0.2, 0) is 89.3 Å². The number of alkyl halides is 1. The van der Waals surface area contributed by atoms with Crippen LogP contribution in [0.2, 0.25) is 144 Å². The molecule has 3 radical (unpaired) electrons. The molecule has 37 nitrogen and oxygen atoms in total. The van der Waals surface area contributed by atoms with Gasteiger partial charge < -0.3 is 51.3 Å². The molecule has 11 aromatic heterocycles. The van der Waals surface area contributed by atoms with Gasteiger partial charge in [-0.2, -0.15) is 15.4 Å². The van der Waals surface area contributed by atoms with Crippen LogP contribution in [0.5, 0.6) is 0 Å². The van der Waals surface area contributed by atoms with Crippen molar-refractivity contribution >= 4 is 174 Å². The molecule has 0 atom stereocenters. The number of nitrogen functional groups attached to an aromatic ring is 2. The van der Waals surface area contributed by atoms with Crippen molar-refractivity contribution in [1.82, 2.24) is 105 Å². The molecule has 6 N–H and O–H groups in total. The molecule has 0 saturated carbocycles. The van der Waals surface area contributed by atoms with E-state index in [1.807, 2.05) is 0 Å². The van der Waals surface area contributed by atoms with E-state index < -0.39 is 66.8 Å². The second kappa shape index (κ2) is 54.5. The second-order valence-corrected chi connectivity index (χ2v) is 61.6. The standard InChI is InChI=1S/C13H20N4O3Si.C12H20N4O2Si.C12H18N4O2Si.C11H17ClN4OSi.C6H15ClOSi.C5H3ClN4.C5H6ClN3.C4H9NO2.B.Mn.Na.2O.H/c1-19-13(18)10-7-12-11(8-14-10)15-16-17(12)9-20-5-6-21(2,3)4;2*1-19(2,3)5-4-18-9-16-12-6-10(8-17)13-7-11(12)14-15-16;1-18(2,3)5-4-17-8-16-10-6-11(12)13-7-9(10)14-15-16;1-9(2,3)5-4-8-6-7;6-5-1-3-4(2-7-5)9-10-8-3;6-5-1-3(7)4(8)2-9-5;1-4(2,3)7-5-6;;;;;;/h7-8H,5-6,9H2,1-4H3;6-7,17H,4-5,8-9H2,1-3H3;6-8H,4-5,9H2,1-3H3;6-7H,4-5,8H2,1-3H3;4-6H2,1-3H3;1-2H,(H,8,9,10);1-2H,8H2,(H2,7,9);1-3H3;;;;;;/q;;;;;;;;;;+1;;;-1. The summed E-state index contributed by atoms with van der Waals surface area (Å²) in [5.74, 6) is -0.482. The molecule has 11 heterocycles. The van der Waals surface area contributed by atoms with Gasteiger partial charge in [-0.15, -0.1) is 25.3 Å². The van der Waals surface area contributed by atoms with Gasteiger partial charge in [0.25, 0.3) is 0 Å². The number of aliphatic hydroxyl groups excluding tert-OH is 1. The summed E-state index contributed by atoms with van der Waals surface area (Å²) in [5.41, 5.74) is 19.8. The number of H-pyrrole nitrogens is 1. The normalized spacial score (nSPS) is 11.2. The van der Waals surface area contributed by atoms with E-state index in [0.717, 1.165) is 83.7 Å². The van der Waals surface area contributed by atoms with Crippen LogP contribution in [0.3, 0.4) is 0 Å². The molecule has 0 saturated heterocycles. The summed E-state index contributed by atoms with van der Waals surface area (Å²) in [5, 5.41) is 54.8. The number of halogens is 4. The Kier molecular flexibility index (Phi) is 50.4. The van der Waals surface area contributed by atoms with Crippen LogP contribution in [0.4, 0.5) is 11.4 Å². The van der Waals surface area contributed by atoms with Crippen molar-refractivity contribution in [1.29, 1.82) is 0 Å². The summed E-state index contributed by atoms with van der Waals surface area (Å²) in [7, 11) is -3.84. The number of esters is 1. The van der Waals surface area contributed by atoms with Crippen molar-refractivity contribution in [3.63, 3.8) is 0 Å². The van der Waals surface area contributed by atoms with Crippen molar-refractivity contribution in [2.75, 3.05) is 57.7 Å². The quantitative estimate of drug-likeness (QED) is 0.00517. The molecule has 0 aliphatic rings. The molecule has 0 spiro atoms. The van der Waals surface area contributed by atoms with Gasteiger partial charge in [0, 0.05) is 100 Å². The Bertz CT molecular complexity index is 4780. The van der Waals surface area contributed by atoms with Gasteiger partial charge in [-0.25, -0.2) is 43.5 Å². The zero-order valence-corrected chi connectivity index (χ0v) is 81.4. The third-order valence-electron chi connectivity index (χ3n) is 14.7. The van der Waals surface area contributed by atoms with E-state index in [4.69, 9.17) is 94.3 Å². The number of hydrogen-bond donors (Lipinski definition) is 4. The molecule has 0 aliphatic heterocycles. The number of aliphatic hydroxyl groups is 1. The Labute approximate surface area is 737 Å². The van der Waals surface area contributed by atoms with E-state index in [1.54, 1.807) is 94.6 Å². The summed E-state index contributed by atoms with van der Waals surface area (Å²) < 4.78 is 55.7. The van der Waals surface area contributed by atoms with E-state index in [1.165, 1.54) is 31.6 Å². The van der Waals surface area contributed by atoms with E-state index >= 15 is 0 Å². The molecule has 0 aromatic carbocycles. The van der Waals surface area contributed by atoms with Crippen LogP contribution < -0.4 is 41.0 Å². The van der Waals surface area contributed by atoms with Gasteiger partial charge in [0.15, 0.2) is 17.3 Å². The average molecular weight is 1840 g/mol. The van der Waals surface area contributed by atoms with Crippen LogP contribution >= 0.6 is 46.4 Å². The van der Waals surface area contributed by atoms with Crippen molar-refractivity contribution in [2.45, 2.75) is 188 Å². The minimum absolute atomic E-state index is 0. The first-order valence-electron chi connectivity index (χ1n) is 35.8. The third kappa shape index (κ3) is 46.0. The first-order chi connectivity index (χ1) is 53.9. The number of carbonyl (C=O) groups is 2. The Balaban J connectivity index is 0.00000135. The maximum absolute atomic E-state index is 11.5. The first-order valence-corrected chi connectivity index (χ1v) is 57.0. The third-order valence-corrected chi connectivity index (χ3v) is 23.9. The number of fused-ring (bicyclic) bond motifs is 5. The number of aromatic amines is 1. The number of carbonyl (C=O) groups excluding carboxylic acids is 2. The maximum atomic E-state index is 11.5. The summed E-state index contributed by atoms with van der Waals surface area (Å²) in [6.45, 7) is 45.1. The first kappa shape index (κ1) is 108. The van der Waals surface area contributed by atoms with E-state index in [2.05, 4.69) is 200 Å². The van der Waals surface area contributed by atoms with Gasteiger partial charge in [-0.3, -0.25) is 14.8 Å². The fraction of sp³-hybridized carbons (Fsp3) is 0.529. The Morgan fingerprint density at radius 1 is 0.521 bits per heavy atom. The monoisotopic (exact) mass is 1840 g/mol. The zero-order chi connectivity index (χ0) is 86.2. The molecule has 117 heavy (non-hydrogen) atoms. The zero-order valence-electron chi connectivity index (χ0n) is 71.2. The summed E-state index contributed by atoms with van der Waals surface area (Å²) >= 11 is 20.8. The summed E-state index contributed by atoms with van der Waals surface area (Å²) in [4.78, 5) is 59.4. The molecule has 11 aromatic rings. The van der Waals surface area contributed by atoms with Crippen molar-refractivity contribution in [2.24, 2.45) is 5.34 Å². The number of aromatic nitrogens is 21. The van der Waals surface area contributed by atoms with E-state index in [0.29, 0.717) is 106 Å². The number of rotatable bonds is 28. The average Bonchev–Trinajstić information content (AvgIpc) is 1.68. The van der Waals surface area contributed by atoms with Crippen molar-refractivity contribution in [3.05, 3.63) is 111 Å². The fourth-order valence-corrected chi connectivity index (χ4v) is 12.5. The van der Waals surface area contributed by atoms with Gasteiger partial charge in [0.2, 0.25) is 0 Å². The molecular formula is C68H109BCl4MnN24NaO13Si5. The number of anilines is 2. The topological polar surface area (TPSA) is 476 Å². The number of pyridine rings is 6. The summed E-state index contributed by atoms with van der Waals surface area (Å²) in [6.07, 6.45) is 10.00. The molecule has 11 rings (SSSR count). The number of methoxy groups -OCH3 is 1. The number of nitrogens with one attached hydrogen (secondary N) is 1. The Morgan fingerprint density at radius 3 is 1.24 bits per heavy atom. The molecule has 0 aliphatic carbocycles. The molecule has 0 amide bonds. The SMILES string of the molecule is CC(C)(C)ON=O.COC(=O)c1cc2c(cn1)nnn2COCC[Si](C)(C)C.C[Si](C)(C)CCOCCl.C[Si](C)(C)CCOCn1nnc2cnc(C=O)cc21.C[Si](C)(C)CCOCn1nnc2cnc(CO)cc21.C[Si](C)(C)CCOCn1nnc2cnc(Cl)cc21.Clc1cc2n[nH]nc2cn1.Nc1cnc(Cl)cc1N.[B].[H-].[Na+].[O]=[Mn]=[O]. The van der Waals surface area contributed by atoms with Crippen LogP contribution in [0, 0.1) is 4.91 Å². The molecule has 49 heteroatoms. The Morgan fingerprint density at radius 2 is 0.872 bits per heavy atom. The van der Waals surface area contributed by atoms with Gasteiger partial charge in [0.05, 0.1) is 90.0 Å². The molecule has 0 unspecified atom stereocenters. The molecule has 638 valence electrons. The van der Waals surface area contributed by atoms with Gasteiger partial charge in [-0.1, -0.05) is 165 Å². The number of ether oxygens (including phenoxy) is 6. The van der Waals surface area contributed by atoms with Gasteiger partial charge >= 0.3 is 58.0 Å². The van der Waals surface area contributed by atoms with Crippen LogP contribution in [0.1, 0.15) is 48.9 Å². The van der Waals surface area contributed by atoms with E-state index in [-0.39, 0.29) is 51.7 Å². The van der Waals surface area contributed by atoms with Crippen LogP contribution in [0.25, 0.3) is 55.2 Å². The minimum atomic E-state index is -1.44. The van der Waals surface area contributed by atoms with E-state index in [9.17, 15) is 14.5 Å². The second-order valence-electron chi connectivity index (χ2n) is 32.0. The van der Waals surface area contributed by atoms with Crippen molar-refractivity contribution < 1.29 is 101 Å². The number of aldehydes is 1. The number of hydrogen-bond acceptors (Lipinski definition) is 32. The molecule has 0 bridgehead atoms. The summed E-state index contributed by atoms with van der Waals surface area (Å²) in [6, 6.07) is 16.0. The van der Waals surface area contributed by atoms with Gasteiger partial charge in [-0.05, 0) is 69.2 Å². The molecular weight excluding hydrogens is 1730 g/mol. The fourth-order valence-electron chi connectivity index (χ4n) is 8.11. The predicted octanol–water partition coefficient (Wildman–Crippen LogP) is 10.7.